The van der Waals surface area contributed by atoms with Crippen LogP contribution in [0.1, 0.15) is 87.1 Å². The van der Waals surface area contributed by atoms with Crippen LogP contribution in [0.5, 0.6) is 11.5 Å². The van der Waals surface area contributed by atoms with E-state index in [1.807, 2.05) is 13.8 Å². The third-order valence-electron chi connectivity index (χ3n) is 6.67. The summed E-state index contributed by atoms with van der Waals surface area (Å²) < 4.78 is 16.6. The molecule has 9 heteroatoms. The molecule has 1 aromatic rings. The number of esters is 3. The van der Waals surface area contributed by atoms with Gasteiger partial charge < -0.3 is 25.1 Å². The highest BCUT2D eigenvalue weighted by atomic mass is 16.6. The maximum absolute atomic E-state index is 12.8. The van der Waals surface area contributed by atoms with Crippen LogP contribution in [0.4, 0.5) is 0 Å². The van der Waals surface area contributed by atoms with Crippen molar-refractivity contribution in [1.82, 2.24) is 0 Å². The molecule has 0 heterocycles. The van der Waals surface area contributed by atoms with Gasteiger partial charge in [0.1, 0.15) is 11.6 Å². The molecule has 9 nitrogen and oxygen atoms in total. The third kappa shape index (κ3) is 8.84. The number of hydrogen-bond donors (Lipinski definition) is 2. The van der Waals surface area contributed by atoms with Crippen molar-refractivity contribution in [2.45, 2.75) is 99.6 Å². The first kappa shape index (κ1) is 32.1. The number of carbonyl (C=O) groups excluding carboxylic acids is 3. The predicted molar refractivity (Wildman–Crippen MR) is 139 cm³/mol. The Balaban J connectivity index is 3.37. The first-order chi connectivity index (χ1) is 16.9. The van der Waals surface area contributed by atoms with Crippen molar-refractivity contribution in [1.29, 1.82) is 0 Å². The zero-order chi connectivity index (χ0) is 28.8. The first-order valence-corrected chi connectivity index (χ1v) is 12.7. The summed E-state index contributed by atoms with van der Waals surface area (Å²) in [6.45, 7) is 15.6. The van der Waals surface area contributed by atoms with Gasteiger partial charge in [-0.25, -0.2) is 0 Å². The molecule has 0 bridgehead atoms. The van der Waals surface area contributed by atoms with E-state index in [-0.39, 0.29) is 30.3 Å². The van der Waals surface area contributed by atoms with Crippen LogP contribution in [-0.4, -0.2) is 40.6 Å². The molecular weight excluding hydrogens is 478 g/mol. The highest BCUT2D eigenvalue weighted by Crippen LogP contribution is 2.35. The largest absolute Gasteiger partial charge is 0.480 e. The molecule has 37 heavy (non-hydrogen) atoms. The Morgan fingerprint density at radius 2 is 1.38 bits per heavy atom. The Kier molecular flexibility index (Phi) is 10.9. The van der Waals surface area contributed by atoms with E-state index in [0.29, 0.717) is 18.4 Å². The Morgan fingerprint density at radius 1 is 0.892 bits per heavy atom. The van der Waals surface area contributed by atoms with Gasteiger partial charge in [0.15, 0.2) is 11.5 Å². The van der Waals surface area contributed by atoms with E-state index in [9.17, 15) is 24.3 Å². The lowest BCUT2D eigenvalue weighted by atomic mass is 9.86. The summed E-state index contributed by atoms with van der Waals surface area (Å²) in [5.41, 5.74) is 3.39. The predicted octanol–water partition coefficient (Wildman–Crippen LogP) is 4.67. The SMILES string of the molecule is CCC(C)(C)C(=O)Oc1ccc(CC(N)(C[C@H](C)OC(=O)C(C)C)C(=O)O)cc1OC(=O)C(C)(C)CC. The van der Waals surface area contributed by atoms with Crippen molar-refractivity contribution < 1.29 is 38.5 Å². The summed E-state index contributed by atoms with van der Waals surface area (Å²) in [4.78, 5) is 49.6. The summed E-state index contributed by atoms with van der Waals surface area (Å²) >= 11 is 0. The molecule has 0 saturated heterocycles. The van der Waals surface area contributed by atoms with E-state index >= 15 is 0 Å². The minimum atomic E-state index is -1.77. The number of carbonyl (C=O) groups is 4. The summed E-state index contributed by atoms with van der Waals surface area (Å²) in [7, 11) is 0. The van der Waals surface area contributed by atoms with Crippen LogP contribution in [0.3, 0.4) is 0 Å². The maximum atomic E-state index is 12.8. The van der Waals surface area contributed by atoms with Gasteiger partial charge in [-0.1, -0.05) is 33.8 Å². The van der Waals surface area contributed by atoms with Crippen LogP contribution in [0, 0.1) is 16.7 Å². The van der Waals surface area contributed by atoms with Gasteiger partial charge in [-0.05, 0) is 65.2 Å². The quantitative estimate of drug-likeness (QED) is 0.279. The molecule has 0 amide bonds. The molecule has 0 radical (unpaired) electrons. The topological polar surface area (TPSA) is 142 Å². The van der Waals surface area contributed by atoms with Gasteiger partial charge in [0.25, 0.3) is 0 Å². The van der Waals surface area contributed by atoms with E-state index in [2.05, 4.69) is 0 Å². The lowest BCUT2D eigenvalue weighted by molar-refractivity contribution is -0.156. The van der Waals surface area contributed by atoms with Gasteiger partial charge in [-0.15, -0.1) is 0 Å². The fraction of sp³-hybridized carbons (Fsp3) is 0.643. The zero-order valence-electron chi connectivity index (χ0n) is 23.6. The number of aliphatic carboxylic acids is 1. The van der Waals surface area contributed by atoms with Gasteiger partial charge >= 0.3 is 23.9 Å². The Labute approximate surface area is 220 Å². The molecule has 1 rings (SSSR count). The van der Waals surface area contributed by atoms with E-state index in [1.54, 1.807) is 54.5 Å². The average Bonchev–Trinajstić information content (AvgIpc) is 2.79. The van der Waals surface area contributed by atoms with E-state index in [4.69, 9.17) is 19.9 Å². The molecule has 1 unspecified atom stereocenters. The van der Waals surface area contributed by atoms with Crippen molar-refractivity contribution >= 4 is 23.9 Å². The van der Waals surface area contributed by atoms with Crippen LogP contribution >= 0.6 is 0 Å². The van der Waals surface area contributed by atoms with Crippen molar-refractivity contribution in [3.63, 3.8) is 0 Å². The smallest absolute Gasteiger partial charge is 0.324 e. The van der Waals surface area contributed by atoms with Crippen molar-refractivity contribution in [2.24, 2.45) is 22.5 Å². The molecule has 0 aliphatic rings. The first-order valence-electron chi connectivity index (χ1n) is 12.7. The summed E-state index contributed by atoms with van der Waals surface area (Å²) in [5.74, 6) is -3.05. The standard InChI is InChI=1S/C28H43NO8/c1-10-26(6,7)24(33)36-20-13-12-19(14-21(20)37-25(34)27(8,9)11-2)16-28(29,23(31)32)15-18(5)35-22(30)17(3)4/h12-14,17-18H,10-11,15-16,29H2,1-9H3,(H,31,32)/t18-,28?/m0/s1. The van der Waals surface area contributed by atoms with Gasteiger partial charge in [0.05, 0.1) is 16.7 Å². The zero-order valence-corrected chi connectivity index (χ0v) is 23.6. The highest BCUT2D eigenvalue weighted by Gasteiger charge is 2.38. The van der Waals surface area contributed by atoms with Crippen LogP contribution in [0.2, 0.25) is 0 Å². The second kappa shape index (κ2) is 12.5. The molecule has 0 spiro atoms. The van der Waals surface area contributed by atoms with Gasteiger partial charge in [0, 0.05) is 12.8 Å². The normalized spacial score (nSPS) is 14.5. The molecule has 0 fully saturated rings. The summed E-state index contributed by atoms with van der Waals surface area (Å²) in [6.07, 6.45) is 0.0230. The molecule has 2 atom stereocenters. The highest BCUT2D eigenvalue weighted by molar-refractivity contribution is 5.82. The molecule has 0 aromatic heterocycles. The molecule has 3 N–H and O–H groups in total. The minimum absolute atomic E-state index is 0.00343. The number of carboxylic acid groups (broad SMARTS) is 1. The Hall–Kier alpha value is -2.94. The molecule has 208 valence electrons. The van der Waals surface area contributed by atoms with Crippen LogP contribution in [0.15, 0.2) is 18.2 Å². The number of nitrogens with two attached hydrogens (primary N) is 1. The average molecular weight is 522 g/mol. The molecule has 0 aliphatic carbocycles. The Bertz CT molecular complexity index is 998. The van der Waals surface area contributed by atoms with E-state index in [0.717, 1.165) is 0 Å². The fourth-order valence-corrected chi connectivity index (χ4v) is 3.08. The fourth-order valence-electron chi connectivity index (χ4n) is 3.08. The van der Waals surface area contributed by atoms with Gasteiger partial charge in [0.2, 0.25) is 0 Å². The number of carboxylic acids is 1. The number of benzene rings is 1. The van der Waals surface area contributed by atoms with Crippen LogP contribution in [0.25, 0.3) is 0 Å². The summed E-state index contributed by atoms with van der Waals surface area (Å²) in [5, 5.41) is 9.91. The van der Waals surface area contributed by atoms with Crippen molar-refractivity contribution in [2.75, 3.05) is 0 Å². The number of ether oxygens (including phenoxy) is 3. The lowest BCUT2D eigenvalue weighted by Gasteiger charge is -2.29. The molecule has 0 saturated carbocycles. The molecule has 0 aliphatic heterocycles. The third-order valence-corrected chi connectivity index (χ3v) is 6.67. The van der Waals surface area contributed by atoms with E-state index < -0.39 is 46.4 Å². The van der Waals surface area contributed by atoms with E-state index in [1.165, 1.54) is 12.1 Å². The number of hydrogen-bond acceptors (Lipinski definition) is 8. The lowest BCUT2D eigenvalue weighted by Crippen LogP contribution is -2.52. The molecular formula is C28H43NO8. The minimum Gasteiger partial charge on any atom is -0.480 e. The van der Waals surface area contributed by atoms with Gasteiger partial charge in [-0.3, -0.25) is 19.2 Å². The number of rotatable bonds is 13. The van der Waals surface area contributed by atoms with Crippen LogP contribution < -0.4 is 15.2 Å². The van der Waals surface area contributed by atoms with Crippen molar-refractivity contribution in [3.05, 3.63) is 23.8 Å². The second-order valence-corrected chi connectivity index (χ2v) is 11.3. The summed E-state index contributed by atoms with van der Waals surface area (Å²) in [6, 6.07) is 4.49. The second-order valence-electron chi connectivity index (χ2n) is 11.3. The van der Waals surface area contributed by atoms with Crippen molar-refractivity contribution in [3.8, 4) is 11.5 Å². The maximum Gasteiger partial charge on any atom is 0.324 e. The van der Waals surface area contributed by atoms with Crippen LogP contribution in [-0.2, 0) is 30.3 Å². The van der Waals surface area contributed by atoms with Gasteiger partial charge in [-0.2, -0.15) is 0 Å². The molecule has 1 aromatic carbocycles. The monoisotopic (exact) mass is 521 g/mol. The Morgan fingerprint density at radius 3 is 1.81 bits per heavy atom.